The summed E-state index contributed by atoms with van der Waals surface area (Å²) in [6, 6.07) is 0. The number of rotatable bonds is 0. The molecule has 0 aromatic heterocycles. The topological polar surface area (TPSA) is 131 Å². The van der Waals surface area contributed by atoms with Crippen molar-refractivity contribution in [3.8, 4) is 0 Å². The van der Waals surface area contributed by atoms with Crippen LogP contribution in [0.3, 0.4) is 0 Å². The van der Waals surface area contributed by atoms with Crippen molar-refractivity contribution in [2.24, 2.45) is 88.8 Å². The van der Waals surface area contributed by atoms with Crippen molar-refractivity contribution in [3.63, 3.8) is 0 Å². The van der Waals surface area contributed by atoms with Gasteiger partial charge in [0.2, 0.25) is 0 Å². The quantitative estimate of drug-likeness (QED) is 0.239. The maximum absolute atomic E-state index is 12.8. The summed E-state index contributed by atoms with van der Waals surface area (Å²) in [7, 11) is 0. The second-order valence-corrected chi connectivity index (χ2v) is 28.3. The zero-order valence-corrected chi connectivity index (χ0v) is 54.9. The van der Waals surface area contributed by atoms with E-state index in [0.717, 1.165) is 98.4 Å². The molecule has 0 spiro atoms. The Balaban J connectivity index is -0.000000194. The van der Waals surface area contributed by atoms with Crippen LogP contribution >= 0.6 is 0 Å². The van der Waals surface area contributed by atoms with Gasteiger partial charge in [0.15, 0.2) is 6.29 Å². The largest absolute Gasteiger partial charge is 0.412 e. The summed E-state index contributed by atoms with van der Waals surface area (Å²) in [5.41, 5.74) is 0. The van der Waals surface area contributed by atoms with Crippen molar-refractivity contribution in [3.05, 3.63) is 0 Å². The average molecular weight is 1160 g/mol. The second kappa shape index (κ2) is 51.7. The molecule has 0 aromatic carbocycles. The molecule has 9 atom stereocenters. The predicted molar refractivity (Wildman–Crippen MR) is 346 cm³/mol. The molecular weight excluding hydrogens is 1010 g/mol. The molecule has 10 heteroatoms. The van der Waals surface area contributed by atoms with E-state index in [2.05, 4.69) is 96.9 Å². The van der Waals surface area contributed by atoms with Crippen molar-refractivity contribution in [1.29, 1.82) is 0 Å². The van der Waals surface area contributed by atoms with Gasteiger partial charge in [-0.3, -0.25) is 0 Å². The summed E-state index contributed by atoms with van der Waals surface area (Å²) >= 11 is 0. The van der Waals surface area contributed by atoms with E-state index in [0.29, 0.717) is 42.8 Å². The van der Waals surface area contributed by atoms with Gasteiger partial charge in [-0.25, -0.2) is 13.2 Å². The Labute approximate surface area is 500 Å². The maximum Gasteiger partial charge on any atom is 0.154 e. The van der Waals surface area contributed by atoms with Gasteiger partial charge in [0.05, 0.1) is 25.4 Å². The minimum absolute atomic E-state index is 0. The van der Waals surface area contributed by atoms with Gasteiger partial charge in [-0.1, -0.05) is 228 Å². The molecule has 6 N–H and O–H groups in total. The molecule has 0 aromatic rings. The van der Waals surface area contributed by atoms with Gasteiger partial charge in [-0.05, 0) is 149 Å². The number of hydrogen-bond acceptors (Lipinski definition) is 4. The van der Waals surface area contributed by atoms with Crippen LogP contribution in [0.4, 0.5) is 13.2 Å². The lowest BCUT2D eigenvalue weighted by molar-refractivity contribution is -0.187. The first-order valence-corrected chi connectivity index (χ1v) is 32.7. The average Bonchev–Trinajstić information content (AvgIpc) is 3.37. The van der Waals surface area contributed by atoms with Gasteiger partial charge >= 0.3 is 0 Å². The van der Waals surface area contributed by atoms with E-state index >= 15 is 0 Å². The third-order valence-electron chi connectivity index (χ3n) is 18.7. The fraction of sp³-hybridized carbons (Fsp3) is 1.00. The minimum atomic E-state index is -0.918. The lowest BCUT2D eigenvalue weighted by Gasteiger charge is -2.30. The van der Waals surface area contributed by atoms with E-state index in [1.807, 2.05) is 20.8 Å². The molecule has 3 heterocycles. The molecule has 9 unspecified atom stereocenters. The first-order chi connectivity index (χ1) is 35.3. The predicted octanol–water partition coefficient (Wildman–Crippen LogP) is 20.5. The van der Waals surface area contributed by atoms with Crippen LogP contribution in [0.15, 0.2) is 0 Å². The van der Waals surface area contributed by atoms with Crippen LogP contribution in [0.25, 0.3) is 0 Å². The van der Waals surface area contributed by atoms with Crippen molar-refractivity contribution in [1.82, 2.24) is 0 Å². The van der Waals surface area contributed by atoms with E-state index in [1.54, 1.807) is 6.92 Å². The lowest BCUT2D eigenvalue weighted by Crippen LogP contribution is -2.32. The Morgan fingerprint density at radius 2 is 0.475 bits per heavy atom. The molecule has 6 aliphatic carbocycles. The molecule has 492 valence electrons. The molecule has 0 bridgehead atoms. The Bertz CT molecular complexity index is 990. The van der Waals surface area contributed by atoms with Crippen molar-refractivity contribution >= 4 is 0 Å². The van der Waals surface area contributed by atoms with E-state index in [9.17, 15) is 13.2 Å². The number of halogens is 3. The summed E-state index contributed by atoms with van der Waals surface area (Å²) in [5, 5.41) is 0. The standard InChI is InChI=1S/C8H14F2.C8H15F.4C8H16.2C7H14O.C6H12O2.2CH4.3H2O.H2/c1-5-3-7(9)6(2)8(10)4-5;1-6-3-4-7(2)8(9)5-6;4*1-7-3-5-8(2)6-4-7;2*1-6-3-4-7(2)8-5-6;1-5-3-7-6(2)8-4-5;;;;;;/h5-8H,3-4H2,1-2H3;6-8H,3-5H2,1-2H3;4*7-8H,3-6H2,1-2H3;2*6-7H,3-5H2,1-2H3;5-6H,3-4H2,1-2H3;2*1H4;3*1H2;1H. The molecule has 80 heavy (non-hydrogen) atoms. The second-order valence-electron chi connectivity index (χ2n) is 28.3. The highest BCUT2D eigenvalue weighted by Gasteiger charge is 2.33. The van der Waals surface area contributed by atoms with Crippen LogP contribution in [-0.4, -0.2) is 79.9 Å². The molecule has 9 aliphatic rings. The Morgan fingerprint density at radius 1 is 0.250 bits per heavy atom. The lowest BCUT2D eigenvalue weighted by atomic mass is 9.81. The molecule has 0 amide bonds. The third-order valence-corrected chi connectivity index (χ3v) is 18.7. The molecule has 3 aliphatic heterocycles. The van der Waals surface area contributed by atoms with Crippen molar-refractivity contribution in [2.45, 2.75) is 337 Å². The van der Waals surface area contributed by atoms with Gasteiger partial charge in [-0.15, -0.1) is 0 Å². The van der Waals surface area contributed by atoms with Crippen LogP contribution in [0.1, 0.15) is 301 Å². The number of hydrogen-bond donors (Lipinski definition) is 0. The molecule has 7 nitrogen and oxygen atoms in total. The summed E-state index contributed by atoms with van der Waals surface area (Å²) < 4.78 is 59.6. The van der Waals surface area contributed by atoms with E-state index in [4.69, 9.17) is 18.9 Å². The summed E-state index contributed by atoms with van der Waals surface area (Å²) in [4.78, 5) is 0. The summed E-state index contributed by atoms with van der Waals surface area (Å²) in [6.07, 6.45) is 31.7. The smallest absolute Gasteiger partial charge is 0.154 e. The summed E-state index contributed by atoms with van der Waals surface area (Å²) in [5.74, 6) is 11.1. The van der Waals surface area contributed by atoms with E-state index < -0.39 is 18.5 Å². The van der Waals surface area contributed by atoms with Crippen molar-refractivity contribution in [2.75, 3.05) is 26.4 Å². The fourth-order valence-corrected chi connectivity index (χ4v) is 11.4. The van der Waals surface area contributed by atoms with Gasteiger partial charge in [0, 0.05) is 26.5 Å². The molecule has 9 fully saturated rings. The normalized spacial score (nSPS) is 39.0. The number of ether oxygens (including phenoxy) is 4. The zero-order chi connectivity index (χ0) is 56.5. The fourth-order valence-electron chi connectivity index (χ4n) is 11.4. The van der Waals surface area contributed by atoms with Crippen LogP contribution in [-0.2, 0) is 18.9 Å². The highest BCUT2D eigenvalue weighted by Crippen LogP contribution is 2.34. The van der Waals surface area contributed by atoms with E-state index in [-0.39, 0.29) is 50.8 Å². The third kappa shape index (κ3) is 46.8. The summed E-state index contributed by atoms with van der Waals surface area (Å²) in [6.45, 7) is 43.1. The molecule has 3 saturated heterocycles. The monoisotopic (exact) mass is 1160 g/mol. The Morgan fingerprint density at radius 3 is 0.675 bits per heavy atom. The Kier molecular flexibility index (Phi) is 57.1. The molecule has 9 rings (SSSR count). The van der Waals surface area contributed by atoms with Gasteiger partial charge in [0.25, 0.3) is 0 Å². The van der Waals surface area contributed by atoms with Crippen molar-refractivity contribution < 1.29 is 50.0 Å². The Hall–Kier alpha value is -0.490. The zero-order valence-electron chi connectivity index (χ0n) is 54.9. The van der Waals surface area contributed by atoms with Crippen LogP contribution in [0.5, 0.6) is 0 Å². The van der Waals surface area contributed by atoms with Gasteiger partial charge in [0.1, 0.15) is 18.5 Å². The maximum atomic E-state index is 12.8. The SMILES string of the molecule is C.C.CC1CC(F)C(C)C(F)C1.CC1CCC(C)C(F)C1.CC1CCC(C)CC1.CC1CCC(C)CC1.CC1CCC(C)CC1.CC1CCC(C)CC1.CC1CCC(C)OC1.CC1CCC(C)OC1.CC1COC(C)OC1.O.O.O.[HH]. The van der Waals surface area contributed by atoms with Crippen LogP contribution in [0.2, 0.25) is 0 Å². The first kappa shape index (κ1) is 88.3. The van der Waals surface area contributed by atoms with E-state index in [1.165, 1.54) is 135 Å². The minimum Gasteiger partial charge on any atom is -0.412 e. The highest BCUT2D eigenvalue weighted by molar-refractivity contribution is 4.82. The van der Waals surface area contributed by atoms with Crippen LogP contribution in [0, 0.1) is 88.8 Å². The molecule has 0 radical (unpaired) electrons. The van der Waals surface area contributed by atoms with Crippen LogP contribution < -0.4 is 0 Å². The molecule has 6 saturated carbocycles. The number of alkyl halides is 3. The first-order valence-electron chi connectivity index (χ1n) is 32.7. The van der Waals surface area contributed by atoms with Gasteiger partial charge in [-0.2, -0.15) is 0 Å². The van der Waals surface area contributed by atoms with Gasteiger partial charge < -0.3 is 35.4 Å². The molecular formula is C70H149F3O7. The highest BCUT2D eigenvalue weighted by atomic mass is 19.1.